The van der Waals surface area contributed by atoms with Gasteiger partial charge in [-0.25, -0.2) is 4.98 Å². The van der Waals surface area contributed by atoms with E-state index >= 15 is 0 Å². The van der Waals surface area contributed by atoms with Crippen molar-refractivity contribution < 1.29 is 23.7 Å². The molecule has 35 heavy (non-hydrogen) atoms. The second-order valence-electron chi connectivity index (χ2n) is 7.62. The van der Waals surface area contributed by atoms with Crippen LogP contribution in [0.4, 0.5) is 5.13 Å². The van der Waals surface area contributed by atoms with Crippen molar-refractivity contribution in [1.29, 1.82) is 0 Å². The van der Waals surface area contributed by atoms with Crippen molar-refractivity contribution in [2.75, 3.05) is 60.0 Å². The Morgan fingerprint density at radius 3 is 2.29 bits per heavy atom. The molecular weight excluding hydrogens is 490 g/mol. The van der Waals surface area contributed by atoms with Gasteiger partial charge in [-0.2, -0.15) is 0 Å². The van der Waals surface area contributed by atoms with Crippen LogP contribution >= 0.6 is 23.7 Å². The molecule has 0 saturated carbocycles. The number of thiazole rings is 1. The molecule has 1 aromatic heterocycles. The summed E-state index contributed by atoms with van der Waals surface area (Å²) >= 11 is 1.47. The molecule has 0 N–H and O–H groups in total. The summed E-state index contributed by atoms with van der Waals surface area (Å²) in [6, 6.07) is 9.40. The van der Waals surface area contributed by atoms with Gasteiger partial charge in [0.15, 0.2) is 16.6 Å². The molecule has 10 heteroatoms. The van der Waals surface area contributed by atoms with Crippen molar-refractivity contribution in [2.24, 2.45) is 0 Å². The molecule has 3 rings (SSSR count). The van der Waals surface area contributed by atoms with Crippen molar-refractivity contribution >= 4 is 51.1 Å². The third-order valence-corrected chi connectivity index (χ3v) is 6.09. The maximum atomic E-state index is 13.3. The van der Waals surface area contributed by atoms with Gasteiger partial charge in [-0.05, 0) is 56.9 Å². The van der Waals surface area contributed by atoms with Crippen LogP contribution in [0, 0.1) is 0 Å². The highest BCUT2D eigenvalue weighted by atomic mass is 35.5. The topological polar surface area (TPSA) is 73.4 Å². The minimum atomic E-state index is -0.174. The van der Waals surface area contributed by atoms with Gasteiger partial charge in [-0.15, -0.1) is 12.4 Å². The number of amides is 1. The van der Waals surface area contributed by atoms with Crippen LogP contribution in [-0.2, 0) is 4.79 Å². The average Bonchev–Trinajstić information content (AvgIpc) is 3.27. The number of rotatable bonds is 11. The zero-order chi connectivity index (χ0) is 24.7. The monoisotopic (exact) mass is 521 g/mol. The molecule has 0 atom stereocenters. The van der Waals surface area contributed by atoms with Gasteiger partial charge in [-0.1, -0.05) is 17.4 Å². The Labute approximate surface area is 216 Å². The van der Waals surface area contributed by atoms with Gasteiger partial charge in [0, 0.05) is 19.2 Å². The molecule has 1 heterocycles. The summed E-state index contributed by atoms with van der Waals surface area (Å²) in [5, 5.41) is 0.628. The molecule has 3 aromatic rings. The average molecular weight is 522 g/mol. The smallest absolute Gasteiger partial charge is 0.252 e. The Morgan fingerprint density at radius 1 is 1.03 bits per heavy atom. The van der Waals surface area contributed by atoms with Crippen LogP contribution < -0.4 is 23.8 Å². The summed E-state index contributed by atoms with van der Waals surface area (Å²) < 4.78 is 22.9. The summed E-state index contributed by atoms with van der Waals surface area (Å²) in [5.41, 5.74) is 1.51. The number of fused-ring (bicyclic) bond motifs is 1. The highest BCUT2D eigenvalue weighted by molar-refractivity contribution is 7.22. The summed E-state index contributed by atoms with van der Waals surface area (Å²) in [6.45, 7) is 3.67. The van der Waals surface area contributed by atoms with Gasteiger partial charge in [0.2, 0.25) is 5.75 Å². The Bertz CT molecular complexity index is 1140. The molecule has 2 aromatic carbocycles. The normalized spacial score (nSPS) is 10.9. The number of hydrogen-bond acceptors (Lipinski definition) is 8. The van der Waals surface area contributed by atoms with E-state index in [2.05, 4.69) is 0 Å². The lowest BCUT2D eigenvalue weighted by Gasteiger charge is -2.20. The zero-order valence-corrected chi connectivity index (χ0v) is 22.5. The number of benzene rings is 2. The summed E-state index contributed by atoms with van der Waals surface area (Å²) in [4.78, 5) is 21.8. The van der Waals surface area contributed by atoms with E-state index < -0.39 is 0 Å². The highest BCUT2D eigenvalue weighted by Crippen LogP contribution is 2.38. The largest absolute Gasteiger partial charge is 0.493 e. The lowest BCUT2D eigenvalue weighted by Crippen LogP contribution is -2.35. The van der Waals surface area contributed by atoms with Gasteiger partial charge < -0.3 is 23.8 Å². The fourth-order valence-corrected chi connectivity index (χ4v) is 4.37. The van der Waals surface area contributed by atoms with E-state index in [9.17, 15) is 4.79 Å². The number of methoxy groups -OCH3 is 3. The van der Waals surface area contributed by atoms with E-state index in [1.54, 1.807) is 44.4 Å². The number of anilines is 1. The van der Waals surface area contributed by atoms with E-state index in [0.29, 0.717) is 42.1 Å². The Morgan fingerprint density at radius 2 is 1.71 bits per heavy atom. The molecule has 190 valence electrons. The number of nitrogens with zero attached hydrogens (tertiary/aromatic N) is 3. The van der Waals surface area contributed by atoms with Crippen LogP contribution in [0.25, 0.3) is 16.3 Å². The third kappa shape index (κ3) is 6.78. The number of para-hydroxylation sites is 1. The predicted molar refractivity (Wildman–Crippen MR) is 144 cm³/mol. The molecule has 0 spiro atoms. The Kier molecular flexibility index (Phi) is 10.6. The van der Waals surface area contributed by atoms with E-state index in [0.717, 1.165) is 21.5 Å². The fourth-order valence-electron chi connectivity index (χ4n) is 3.35. The zero-order valence-electron chi connectivity index (χ0n) is 20.9. The third-order valence-electron chi connectivity index (χ3n) is 5.04. The fraction of sp³-hybridized carbons (Fsp3) is 0.360. The number of carbonyl (C=O) groups is 1. The molecule has 0 aliphatic carbocycles. The summed E-state index contributed by atoms with van der Waals surface area (Å²) in [6.07, 6.45) is 3.26. The summed E-state index contributed by atoms with van der Waals surface area (Å²) in [7, 11) is 8.61. The van der Waals surface area contributed by atoms with Crippen molar-refractivity contribution in [1.82, 2.24) is 9.88 Å². The first kappa shape index (κ1) is 28.2. The molecule has 0 radical (unpaired) electrons. The van der Waals surface area contributed by atoms with Gasteiger partial charge >= 0.3 is 0 Å². The first-order chi connectivity index (χ1) is 16.4. The van der Waals surface area contributed by atoms with Crippen molar-refractivity contribution in [3.8, 4) is 23.0 Å². The van der Waals surface area contributed by atoms with Gasteiger partial charge in [0.25, 0.3) is 5.91 Å². The van der Waals surface area contributed by atoms with Crippen molar-refractivity contribution in [3.63, 3.8) is 0 Å². The Hall–Kier alpha value is -3.01. The van der Waals surface area contributed by atoms with Crippen LogP contribution in [0.5, 0.6) is 23.0 Å². The minimum Gasteiger partial charge on any atom is -0.493 e. The lowest BCUT2D eigenvalue weighted by atomic mass is 10.1. The molecule has 0 unspecified atom stereocenters. The first-order valence-electron chi connectivity index (χ1n) is 10.9. The van der Waals surface area contributed by atoms with Crippen LogP contribution in [0.1, 0.15) is 12.5 Å². The van der Waals surface area contributed by atoms with E-state index in [-0.39, 0.29) is 18.3 Å². The molecule has 0 fully saturated rings. The standard InChI is InChI=1S/C25H31N3O5S.ClH/c1-7-33-18-9-8-10-21-23(18)26-25(34-21)28(14-13-27(2)3)22(29)12-11-17-15-19(30-4)24(32-6)20(16-17)31-5;/h8-12,15-16H,7,13-14H2,1-6H3;1H. The number of likely N-dealkylation sites (N-methyl/N-ethyl adjacent to an activating group) is 1. The number of halogens is 1. The molecule has 1 amide bonds. The van der Waals surface area contributed by atoms with E-state index in [1.165, 1.54) is 17.4 Å². The number of ether oxygens (including phenoxy) is 4. The van der Waals surface area contributed by atoms with Crippen LogP contribution in [-0.4, -0.2) is 70.9 Å². The second kappa shape index (κ2) is 13.2. The number of aromatic nitrogens is 1. The maximum absolute atomic E-state index is 13.3. The molecule has 0 aliphatic heterocycles. The van der Waals surface area contributed by atoms with Crippen molar-refractivity contribution in [3.05, 3.63) is 42.0 Å². The predicted octanol–water partition coefficient (Wildman–Crippen LogP) is 4.75. The van der Waals surface area contributed by atoms with Gasteiger partial charge in [-0.3, -0.25) is 9.69 Å². The van der Waals surface area contributed by atoms with Crippen LogP contribution in [0.15, 0.2) is 36.4 Å². The quantitative estimate of drug-likeness (QED) is 0.337. The minimum absolute atomic E-state index is 0. The molecular formula is C25H32ClN3O5S. The number of carbonyl (C=O) groups excluding carboxylic acids is 1. The molecule has 0 saturated heterocycles. The Balaban J connectivity index is 0.00000432. The molecule has 0 aliphatic rings. The number of hydrogen-bond donors (Lipinski definition) is 0. The van der Waals surface area contributed by atoms with Crippen molar-refractivity contribution in [2.45, 2.75) is 6.92 Å². The highest BCUT2D eigenvalue weighted by Gasteiger charge is 2.20. The van der Waals surface area contributed by atoms with E-state index in [4.69, 9.17) is 23.9 Å². The molecule has 8 nitrogen and oxygen atoms in total. The SMILES string of the molecule is CCOc1cccc2sc(N(CCN(C)C)C(=O)C=Cc3cc(OC)c(OC)c(OC)c3)nc12.Cl. The lowest BCUT2D eigenvalue weighted by molar-refractivity contribution is -0.114. The summed E-state index contributed by atoms with van der Waals surface area (Å²) in [5.74, 6) is 2.09. The molecule has 0 bridgehead atoms. The second-order valence-corrected chi connectivity index (χ2v) is 8.63. The van der Waals surface area contributed by atoms with Crippen LogP contribution in [0.2, 0.25) is 0 Å². The maximum Gasteiger partial charge on any atom is 0.252 e. The van der Waals surface area contributed by atoms with E-state index in [1.807, 2.05) is 44.1 Å². The van der Waals surface area contributed by atoms with Gasteiger partial charge in [0.1, 0.15) is 11.3 Å². The van der Waals surface area contributed by atoms with Gasteiger partial charge in [0.05, 0.1) is 32.6 Å². The van der Waals surface area contributed by atoms with Crippen LogP contribution in [0.3, 0.4) is 0 Å². The first-order valence-corrected chi connectivity index (χ1v) is 11.7.